The van der Waals surface area contributed by atoms with Crippen LogP contribution in [0.3, 0.4) is 0 Å². The Labute approximate surface area is 177 Å². The van der Waals surface area contributed by atoms with E-state index in [1.165, 1.54) is 36.7 Å². The van der Waals surface area contributed by atoms with Crippen molar-refractivity contribution in [1.29, 1.82) is 0 Å². The summed E-state index contributed by atoms with van der Waals surface area (Å²) in [5, 5.41) is 6.23. The van der Waals surface area contributed by atoms with Crippen LogP contribution < -0.4 is 15.4 Å². The van der Waals surface area contributed by atoms with Crippen LogP contribution in [0.2, 0.25) is 0 Å². The second-order valence-electron chi connectivity index (χ2n) is 6.29. The minimum absolute atomic E-state index is 0. The Bertz CT molecular complexity index is 843. The Morgan fingerprint density at radius 3 is 2.39 bits per heavy atom. The predicted octanol–water partition coefficient (Wildman–Crippen LogP) is 2.46. The van der Waals surface area contributed by atoms with E-state index in [1.807, 2.05) is 0 Å². The fourth-order valence-electron chi connectivity index (χ4n) is 2.86. The van der Waals surface area contributed by atoms with Crippen molar-refractivity contribution in [3.05, 3.63) is 54.4 Å². The van der Waals surface area contributed by atoms with Crippen LogP contribution in [0.4, 0.5) is 5.69 Å². The van der Waals surface area contributed by atoms with Crippen LogP contribution in [0.1, 0.15) is 23.2 Å². The zero-order valence-corrected chi connectivity index (χ0v) is 17.6. The Balaban J connectivity index is 0.00000196. The summed E-state index contributed by atoms with van der Waals surface area (Å²) in [5.41, 5.74) is 0.875. The summed E-state index contributed by atoms with van der Waals surface area (Å²) in [7, 11) is -3.70. The first-order valence-electron chi connectivity index (χ1n) is 8.56. The number of rotatable bonds is 6. The van der Waals surface area contributed by atoms with Gasteiger partial charge in [-0.25, -0.2) is 8.42 Å². The van der Waals surface area contributed by atoms with Crippen molar-refractivity contribution in [2.24, 2.45) is 5.92 Å². The molecule has 1 aromatic carbocycles. The van der Waals surface area contributed by atoms with E-state index in [0.29, 0.717) is 23.7 Å². The number of nitrogens with zero attached hydrogens (tertiary/aromatic N) is 1. The summed E-state index contributed by atoms with van der Waals surface area (Å²) < 4.78 is 27.2. The maximum absolute atomic E-state index is 12.4. The molecule has 1 aromatic heterocycles. The van der Waals surface area contributed by atoms with Crippen molar-refractivity contribution in [1.82, 2.24) is 15.6 Å². The number of benzene rings is 1. The molecule has 2 aromatic rings. The topological polar surface area (TPSA) is 100 Å². The third-order valence-electron chi connectivity index (χ3n) is 4.31. The van der Waals surface area contributed by atoms with E-state index in [-0.39, 0.29) is 35.6 Å². The van der Waals surface area contributed by atoms with Gasteiger partial charge in [0.05, 0.1) is 10.6 Å². The van der Waals surface area contributed by atoms with E-state index < -0.39 is 10.0 Å². The van der Waals surface area contributed by atoms with Crippen LogP contribution in [0.15, 0.2) is 53.7 Å². The first-order chi connectivity index (χ1) is 12.5. The summed E-state index contributed by atoms with van der Waals surface area (Å²) in [6.45, 7) is 2.57. The number of aromatic nitrogens is 1. The van der Waals surface area contributed by atoms with E-state index in [1.54, 1.807) is 12.1 Å². The molecule has 0 aliphatic carbocycles. The van der Waals surface area contributed by atoms with Crippen LogP contribution in [0, 0.1) is 5.92 Å². The van der Waals surface area contributed by atoms with Crippen molar-refractivity contribution >= 4 is 46.4 Å². The number of anilines is 1. The Kier molecular flexibility index (Phi) is 9.68. The van der Waals surface area contributed by atoms with E-state index >= 15 is 0 Å². The number of nitrogens with one attached hydrogen (secondary N) is 3. The van der Waals surface area contributed by atoms with Crippen LogP contribution in [-0.2, 0) is 10.0 Å². The molecule has 3 rings (SSSR count). The molecule has 1 unspecified atom stereocenters. The highest BCUT2D eigenvalue weighted by Crippen LogP contribution is 2.16. The number of halogens is 2. The Morgan fingerprint density at radius 1 is 1.11 bits per heavy atom. The van der Waals surface area contributed by atoms with Crippen LogP contribution >= 0.6 is 24.8 Å². The zero-order chi connectivity index (χ0) is 18.4. The van der Waals surface area contributed by atoms with Gasteiger partial charge in [0.25, 0.3) is 15.9 Å². The molecular formula is C18H24Cl2N4O3S. The summed E-state index contributed by atoms with van der Waals surface area (Å²) in [4.78, 5) is 16.2. The van der Waals surface area contributed by atoms with Gasteiger partial charge in [-0.05, 0) is 68.2 Å². The standard InChI is InChI=1S/C18H22N4O3S.2ClH/c23-18(21-13-14-2-1-9-20-12-14)15-3-5-17(6-4-15)26(24,25)22-16-7-10-19-11-8-16;;/h3-8,10-11,14,20H,1-2,9,12-13H2,(H,19,22)(H,21,23);2*1H. The first kappa shape index (κ1) is 24.2. The third-order valence-corrected chi connectivity index (χ3v) is 5.71. The lowest BCUT2D eigenvalue weighted by Crippen LogP contribution is -2.38. The highest BCUT2D eigenvalue weighted by molar-refractivity contribution is 7.92. The molecule has 1 aliphatic heterocycles. The van der Waals surface area contributed by atoms with Gasteiger partial charge in [-0.3, -0.25) is 14.5 Å². The maximum atomic E-state index is 12.4. The van der Waals surface area contributed by atoms with Gasteiger partial charge in [0.2, 0.25) is 0 Å². The van der Waals surface area contributed by atoms with Crippen molar-refractivity contribution in [3.8, 4) is 0 Å². The lowest BCUT2D eigenvalue weighted by atomic mass is 10.00. The summed E-state index contributed by atoms with van der Waals surface area (Å²) in [6.07, 6.45) is 5.24. The predicted molar refractivity (Wildman–Crippen MR) is 114 cm³/mol. The monoisotopic (exact) mass is 446 g/mol. The maximum Gasteiger partial charge on any atom is 0.261 e. The molecule has 0 radical (unpaired) electrons. The van der Waals surface area contributed by atoms with E-state index in [0.717, 1.165) is 25.9 Å². The van der Waals surface area contributed by atoms with E-state index in [4.69, 9.17) is 0 Å². The van der Waals surface area contributed by atoms with Crippen LogP contribution in [0.5, 0.6) is 0 Å². The molecule has 1 amide bonds. The largest absolute Gasteiger partial charge is 0.352 e. The molecule has 154 valence electrons. The molecule has 1 saturated heterocycles. The van der Waals surface area contributed by atoms with Gasteiger partial charge < -0.3 is 10.6 Å². The molecule has 2 heterocycles. The molecule has 10 heteroatoms. The molecular weight excluding hydrogens is 423 g/mol. The number of carbonyl (C=O) groups is 1. The van der Waals surface area contributed by atoms with Gasteiger partial charge in [-0.2, -0.15) is 0 Å². The molecule has 0 spiro atoms. The van der Waals surface area contributed by atoms with Crippen LogP contribution in [-0.4, -0.2) is 38.9 Å². The first-order valence-corrected chi connectivity index (χ1v) is 10.0. The summed E-state index contributed by atoms with van der Waals surface area (Å²) in [6, 6.07) is 9.05. The number of carbonyl (C=O) groups excluding carboxylic acids is 1. The number of hydrogen-bond donors (Lipinski definition) is 3. The van der Waals surface area contributed by atoms with E-state index in [2.05, 4.69) is 20.3 Å². The molecule has 3 N–H and O–H groups in total. The van der Waals surface area contributed by atoms with Gasteiger partial charge in [0, 0.05) is 24.5 Å². The van der Waals surface area contributed by atoms with Crippen LogP contribution in [0.25, 0.3) is 0 Å². The lowest BCUT2D eigenvalue weighted by molar-refractivity contribution is 0.0944. The molecule has 1 fully saturated rings. The highest BCUT2D eigenvalue weighted by atomic mass is 35.5. The SMILES string of the molecule is Cl.Cl.O=C(NCC1CCCNC1)c1ccc(S(=O)(=O)Nc2ccncc2)cc1. The Hall–Kier alpha value is -1.87. The number of sulfonamides is 1. The number of amides is 1. The molecule has 0 saturated carbocycles. The van der Waals surface area contributed by atoms with Gasteiger partial charge in [-0.15, -0.1) is 24.8 Å². The Morgan fingerprint density at radius 2 is 1.79 bits per heavy atom. The lowest BCUT2D eigenvalue weighted by Gasteiger charge is -2.22. The zero-order valence-electron chi connectivity index (χ0n) is 15.1. The number of hydrogen-bond acceptors (Lipinski definition) is 5. The summed E-state index contributed by atoms with van der Waals surface area (Å²) in [5.74, 6) is 0.249. The fourth-order valence-corrected chi connectivity index (χ4v) is 3.92. The van der Waals surface area contributed by atoms with Gasteiger partial charge in [0.1, 0.15) is 0 Å². The van der Waals surface area contributed by atoms with Crippen molar-refractivity contribution < 1.29 is 13.2 Å². The minimum atomic E-state index is -3.70. The molecule has 1 atom stereocenters. The number of pyridine rings is 1. The molecule has 7 nitrogen and oxygen atoms in total. The van der Waals surface area contributed by atoms with Crippen molar-refractivity contribution in [2.45, 2.75) is 17.7 Å². The van der Waals surface area contributed by atoms with Gasteiger partial charge >= 0.3 is 0 Å². The highest BCUT2D eigenvalue weighted by Gasteiger charge is 2.17. The van der Waals surface area contributed by atoms with Gasteiger partial charge in [-0.1, -0.05) is 0 Å². The molecule has 1 aliphatic rings. The summed E-state index contributed by atoms with van der Waals surface area (Å²) >= 11 is 0. The quantitative estimate of drug-likeness (QED) is 0.632. The average Bonchev–Trinajstić information content (AvgIpc) is 2.67. The molecule has 0 bridgehead atoms. The normalized spacial score (nSPS) is 16.2. The second-order valence-corrected chi connectivity index (χ2v) is 7.97. The average molecular weight is 447 g/mol. The fraction of sp³-hybridized carbons (Fsp3) is 0.333. The third kappa shape index (κ3) is 6.63. The second kappa shape index (κ2) is 11.2. The van der Waals surface area contributed by atoms with Crippen molar-refractivity contribution in [2.75, 3.05) is 24.4 Å². The smallest absolute Gasteiger partial charge is 0.261 e. The van der Waals surface area contributed by atoms with E-state index in [9.17, 15) is 13.2 Å². The minimum Gasteiger partial charge on any atom is -0.352 e. The number of piperidine rings is 1. The van der Waals surface area contributed by atoms with Crippen molar-refractivity contribution in [3.63, 3.8) is 0 Å². The molecule has 28 heavy (non-hydrogen) atoms. The van der Waals surface area contributed by atoms with Gasteiger partial charge in [0.15, 0.2) is 0 Å².